The number of ether oxygens (including phenoxy) is 1. The molecule has 2 rings (SSSR count). The van der Waals surface area contributed by atoms with Gasteiger partial charge in [0.05, 0.1) is 5.56 Å². The molecule has 0 saturated heterocycles. The number of fused-ring (bicyclic) bond motifs is 1. The van der Waals surface area contributed by atoms with Crippen molar-refractivity contribution in [3.63, 3.8) is 0 Å². The molecule has 0 radical (unpaired) electrons. The quantitative estimate of drug-likeness (QED) is 0.611. The van der Waals surface area contributed by atoms with Crippen molar-refractivity contribution in [1.29, 1.82) is 0 Å². The maximum atomic E-state index is 11.1. The Morgan fingerprint density at radius 2 is 2.21 bits per heavy atom. The number of benzene rings is 1. The van der Waals surface area contributed by atoms with Gasteiger partial charge in [-0.3, -0.25) is 4.79 Å². The van der Waals surface area contributed by atoms with Gasteiger partial charge < -0.3 is 15.6 Å². The van der Waals surface area contributed by atoms with Crippen molar-refractivity contribution in [1.82, 2.24) is 0 Å². The van der Waals surface area contributed by atoms with Crippen LogP contribution in [-0.4, -0.2) is 17.0 Å². The largest absolute Gasteiger partial charge is 0.428 e. The van der Waals surface area contributed by atoms with Gasteiger partial charge in [0.25, 0.3) is 0 Å². The van der Waals surface area contributed by atoms with Crippen LogP contribution in [0.4, 0.5) is 0 Å². The minimum absolute atomic E-state index is 0.189. The van der Waals surface area contributed by atoms with Crippen LogP contribution >= 0.6 is 0 Å². The summed E-state index contributed by atoms with van der Waals surface area (Å²) in [5, 5.41) is 9.22. The van der Waals surface area contributed by atoms with Gasteiger partial charge in [0, 0.05) is 11.1 Å². The highest BCUT2D eigenvalue weighted by Gasteiger charge is 2.29. The lowest BCUT2D eigenvalue weighted by atomic mass is 10.1. The van der Waals surface area contributed by atoms with E-state index in [1.165, 1.54) is 18.2 Å². The van der Waals surface area contributed by atoms with Crippen molar-refractivity contribution in [2.24, 2.45) is 5.73 Å². The lowest BCUT2D eigenvalue weighted by Crippen LogP contribution is -2.11. The zero-order valence-electron chi connectivity index (χ0n) is 7.06. The normalized spacial score (nSPS) is 18.9. The van der Waals surface area contributed by atoms with Gasteiger partial charge in [0.2, 0.25) is 12.2 Å². The number of rotatable bonds is 1. The first kappa shape index (κ1) is 8.71. The second-order valence-corrected chi connectivity index (χ2v) is 2.92. The smallest absolute Gasteiger partial charge is 0.341 e. The van der Waals surface area contributed by atoms with Gasteiger partial charge in [-0.05, 0) is 12.1 Å². The molecular formula is C9H7NO4. The lowest BCUT2D eigenvalue weighted by molar-refractivity contribution is -0.0547. The third kappa shape index (κ3) is 1.14. The standard InChI is InChI=1S/C9H7NO4/c10-7(11)4-1-2-5-6(3-4)9(13)14-8(5)12/h1-3,8,12H,(H2,10,11). The molecule has 0 aromatic heterocycles. The molecule has 1 aliphatic rings. The molecule has 1 aromatic carbocycles. The third-order valence-electron chi connectivity index (χ3n) is 2.04. The molecule has 1 aromatic rings. The number of carbonyl (C=O) groups excluding carboxylic acids is 2. The Hall–Kier alpha value is -1.88. The van der Waals surface area contributed by atoms with Crippen LogP contribution in [0.1, 0.15) is 32.6 Å². The first-order valence-electron chi connectivity index (χ1n) is 3.92. The average molecular weight is 193 g/mol. The number of carbonyl (C=O) groups is 2. The molecule has 14 heavy (non-hydrogen) atoms. The first-order chi connectivity index (χ1) is 6.59. The minimum atomic E-state index is -1.24. The van der Waals surface area contributed by atoms with Crippen LogP contribution in [0.2, 0.25) is 0 Å². The van der Waals surface area contributed by atoms with E-state index in [1.807, 2.05) is 0 Å². The number of hydrogen-bond acceptors (Lipinski definition) is 4. The van der Waals surface area contributed by atoms with Gasteiger partial charge in [-0.1, -0.05) is 6.07 Å². The van der Waals surface area contributed by atoms with Gasteiger partial charge in [-0.2, -0.15) is 0 Å². The molecule has 5 heteroatoms. The summed E-state index contributed by atoms with van der Waals surface area (Å²) in [6.07, 6.45) is -1.24. The monoisotopic (exact) mass is 193 g/mol. The van der Waals surface area contributed by atoms with Crippen molar-refractivity contribution in [2.45, 2.75) is 6.29 Å². The van der Waals surface area contributed by atoms with Gasteiger partial charge in [-0.25, -0.2) is 4.79 Å². The SMILES string of the molecule is NC(=O)c1ccc2c(c1)C(=O)OC2O. The zero-order valence-corrected chi connectivity index (χ0v) is 7.06. The fourth-order valence-electron chi connectivity index (χ4n) is 1.33. The van der Waals surface area contributed by atoms with Crippen molar-refractivity contribution in [3.8, 4) is 0 Å². The van der Waals surface area contributed by atoms with E-state index in [0.29, 0.717) is 5.56 Å². The summed E-state index contributed by atoms with van der Waals surface area (Å²) >= 11 is 0. The topological polar surface area (TPSA) is 89.6 Å². The van der Waals surface area contributed by atoms with E-state index < -0.39 is 18.2 Å². The number of cyclic esters (lactones) is 1. The van der Waals surface area contributed by atoms with Crippen LogP contribution in [-0.2, 0) is 4.74 Å². The Labute approximate surface area is 79.1 Å². The summed E-state index contributed by atoms with van der Waals surface area (Å²) < 4.78 is 4.53. The summed E-state index contributed by atoms with van der Waals surface area (Å²) in [5.74, 6) is -1.27. The number of aliphatic hydroxyl groups excluding tert-OH is 1. The predicted molar refractivity (Wildman–Crippen MR) is 45.3 cm³/mol. The Balaban J connectivity index is 2.55. The van der Waals surface area contributed by atoms with Gasteiger partial charge in [0.15, 0.2) is 0 Å². The maximum absolute atomic E-state index is 11.1. The molecule has 0 aliphatic carbocycles. The van der Waals surface area contributed by atoms with E-state index in [2.05, 4.69) is 4.74 Å². The predicted octanol–water partition coefficient (Wildman–Crippen LogP) is -0.0532. The fourth-order valence-corrected chi connectivity index (χ4v) is 1.33. The molecule has 5 nitrogen and oxygen atoms in total. The molecule has 3 N–H and O–H groups in total. The van der Waals surface area contributed by atoms with Crippen LogP contribution in [0.5, 0.6) is 0 Å². The Morgan fingerprint density at radius 3 is 2.86 bits per heavy atom. The molecule has 1 unspecified atom stereocenters. The van der Waals surface area contributed by atoms with E-state index >= 15 is 0 Å². The highest BCUT2D eigenvalue weighted by molar-refractivity contribution is 5.99. The molecule has 1 heterocycles. The molecule has 0 bridgehead atoms. The minimum Gasteiger partial charge on any atom is -0.428 e. The highest BCUT2D eigenvalue weighted by Crippen LogP contribution is 2.28. The van der Waals surface area contributed by atoms with Crippen molar-refractivity contribution in [2.75, 3.05) is 0 Å². The van der Waals surface area contributed by atoms with Crippen molar-refractivity contribution >= 4 is 11.9 Å². The first-order valence-corrected chi connectivity index (χ1v) is 3.92. The molecule has 0 saturated carbocycles. The molecule has 72 valence electrons. The van der Waals surface area contributed by atoms with Crippen LogP contribution in [0.25, 0.3) is 0 Å². The zero-order chi connectivity index (χ0) is 10.3. The third-order valence-corrected chi connectivity index (χ3v) is 2.04. The molecular weight excluding hydrogens is 186 g/mol. The second kappa shape index (κ2) is 2.81. The summed E-state index contributed by atoms with van der Waals surface area (Å²) in [7, 11) is 0. The second-order valence-electron chi connectivity index (χ2n) is 2.92. The van der Waals surface area contributed by atoms with Gasteiger partial charge >= 0.3 is 5.97 Å². The molecule has 0 spiro atoms. The Morgan fingerprint density at radius 1 is 1.50 bits per heavy atom. The molecule has 0 fully saturated rings. The summed E-state index contributed by atoms with van der Waals surface area (Å²) in [6.45, 7) is 0. The van der Waals surface area contributed by atoms with E-state index in [0.717, 1.165) is 0 Å². The van der Waals surface area contributed by atoms with E-state index in [4.69, 9.17) is 5.73 Å². The highest BCUT2D eigenvalue weighted by atomic mass is 16.6. The Bertz CT molecular complexity index is 427. The van der Waals surface area contributed by atoms with Gasteiger partial charge in [0.1, 0.15) is 0 Å². The number of primary amides is 1. The van der Waals surface area contributed by atoms with Gasteiger partial charge in [-0.15, -0.1) is 0 Å². The summed E-state index contributed by atoms with van der Waals surface area (Å²) in [6, 6.07) is 4.20. The summed E-state index contributed by atoms with van der Waals surface area (Å²) in [5.41, 5.74) is 5.80. The number of aliphatic hydroxyl groups is 1. The van der Waals surface area contributed by atoms with Crippen LogP contribution < -0.4 is 5.73 Å². The number of hydrogen-bond donors (Lipinski definition) is 2. The van der Waals surface area contributed by atoms with Crippen LogP contribution in [0.3, 0.4) is 0 Å². The molecule has 1 atom stereocenters. The van der Waals surface area contributed by atoms with E-state index in [9.17, 15) is 14.7 Å². The fraction of sp³-hybridized carbons (Fsp3) is 0.111. The maximum Gasteiger partial charge on any atom is 0.341 e. The van der Waals surface area contributed by atoms with E-state index in [-0.39, 0.29) is 11.1 Å². The molecule has 1 amide bonds. The Kier molecular flexibility index (Phi) is 1.75. The number of esters is 1. The molecule has 1 aliphatic heterocycles. The lowest BCUT2D eigenvalue weighted by Gasteiger charge is -2.00. The number of amides is 1. The van der Waals surface area contributed by atoms with Crippen molar-refractivity contribution < 1.29 is 19.4 Å². The van der Waals surface area contributed by atoms with Crippen LogP contribution in [0.15, 0.2) is 18.2 Å². The van der Waals surface area contributed by atoms with Crippen LogP contribution in [0, 0.1) is 0 Å². The summed E-state index contributed by atoms with van der Waals surface area (Å²) in [4.78, 5) is 21.9. The average Bonchev–Trinajstić information content (AvgIpc) is 2.42. The van der Waals surface area contributed by atoms with Crippen molar-refractivity contribution in [3.05, 3.63) is 34.9 Å². The number of nitrogens with two attached hydrogens (primary N) is 1. The van der Waals surface area contributed by atoms with E-state index in [1.54, 1.807) is 0 Å².